The third-order valence-corrected chi connectivity index (χ3v) is 7.03. The van der Waals surface area contributed by atoms with Crippen molar-refractivity contribution in [3.63, 3.8) is 0 Å². The van der Waals surface area contributed by atoms with Crippen LogP contribution in [0.4, 0.5) is 0 Å². The Morgan fingerprint density at radius 3 is 2.57 bits per heavy atom. The van der Waals surface area contributed by atoms with Crippen molar-refractivity contribution in [3.05, 3.63) is 102 Å². The van der Waals surface area contributed by atoms with E-state index in [1.165, 1.54) is 11.3 Å². The molecule has 0 fully saturated rings. The van der Waals surface area contributed by atoms with Gasteiger partial charge < -0.3 is 14.6 Å². The van der Waals surface area contributed by atoms with Crippen molar-refractivity contribution in [1.82, 2.24) is 4.57 Å². The lowest BCUT2D eigenvalue weighted by Crippen LogP contribution is -2.39. The molecule has 7 nitrogen and oxygen atoms in total. The van der Waals surface area contributed by atoms with E-state index >= 15 is 0 Å². The van der Waals surface area contributed by atoms with E-state index in [0.717, 1.165) is 11.1 Å². The van der Waals surface area contributed by atoms with Crippen molar-refractivity contribution in [2.24, 2.45) is 4.99 Å². The first-order valence-electron chi connectivity index (χ1n) is 12.1. The highest BCUT2D eigenvalue weighted by molar-refractivity contribution is 7.07. The van der Waals surface area contributed by atoms with Gasteiger partial charge in [0, 0.05) is 5.56 Å². The van der Waals surface area contributed by atoms with Gasteiger partial charge in [-0.15, -0.1) is 6.58 Å². The molecule has 4 rings (SSSR count). The summed E-state index contributed by atoms with van der Waals surface area (Å²) >= 11 is 1.25. The van der Waals surface area contributed by atoms with Gasteiger partial charge in [-0.1, -0.05) is 47.2 Å². The summed E-state index contributed by atoms with van der Waals surface area (Å²) in [5.74, 6) is -0.0779. The summed E-state index contributed by atoms with van der Waals surface area (Å²) in [6.45, 7) is 11.7. The van der Waals surface area contributed by atoms with Crippen LogP contribution in [0.1, 0.15) is 49.1 Å². The highest BCUT2D eigenvalue weighted by Gasteiger charge is 2.33. The second kappa shape index (κ2) is 11.0. The molecule has 3 aromatic rings. The smallest absolute Gasteiger partial charge is 0.338 e. The Labute approximate surface area is 219 Å². The molecule has 1 N–H and O–H groups in total. The number of nitrogens with zero attached hydrogens (tertiary/aromatic N) is 2. The summed E-state index contributed by atoms with van der Waals surface area (Å²) in [5, 5.41) is 10.5. The van der Waals surface area contributed by atoms with Crippen LogP contribution in [-0.4, -0.2) is 28.9 Å². The molecule has 37 heavy (non-hydrogen) atoms. The fraction of sp³-hybridized carbons (Fsp3) is 0.276. The third kappa shape index (κ3) is 5.15. The molecule has 0 aliphatic carbocycles. The average molecular weight is 519 g/mol. The van der Waals surface area contributed by atoms with E-state index < -0.39 is 12.0 Å². The molecular formula is C29H30N2O5S. The molecular weight excluding hydrogens is 488 g/mol. The molecule has 8 heteroatoms. The van der Waals surface area contributed by atoms with Crippen LogP contribution in [0.3, 0.4) is 0 Å². The molecule has 0 saturated carbocycles. The van der Waals surface area contributed by atoms with Crippen LogP contribution in [0.5, 0.6) is 11.5 Å². The predicted molar refractivity (Wildman–Crippen MR) is 145 cm³/mol. The van der Waals surface area contributed by atoms with Crippen molar-refractivity contribution in [3.8, 4) is 11.5 Å². The van der Waals surface area contributed by atoms with Crippen LogP contribution in [-0.2, 0) is 16.0 Å². The minimum absolute atomic E-state index is 0.0643. The third-order valence-electron chi connectivity index (χ3n) is 6.05. The summed E-state index contributed by atoms with van der Waals surface area (Å²) < 4.78 is 13.0. The molecule has 0 radical (unpaired) electrons. The number of aromatic hydroxyl groups is 1. The lowest BCUT2D eigenvalue weighted by Gasteiger charge is -2.24. The molecule has 0 unspecified atom stereocenters. The molecule has 192 valence electrons. The van der Waals surface area contributed by atoms with Crippen molar-refractivity contribution in [2.45, 2.75) is 40.2 Å². The van der Waals surface area contributed by atoms with E-state index in [0.29, 0.717) is 50.5 Å². The second-order valence-electron chi connectivity index (χ2n) is 8.67. The predicted octanol–water partition coefficient (Wildman–Crippen LogP) is 3.94. The monoisotopic (exact) mass is 518 g/mol. The van der Waals surface area contributed by atoms with Gasteiger partial charge in [0.15, 0.2) is 16.3 Å². The number of phenols is 1. The number of carbonyl (C=O) groups is 1. The molecule has 1 aliphatic heterocycles. The first-order valence-corrected chi connectivity index (χ1v) is 13.0. The number of allylic oxidation sites excluding steroid dienone is 2. The fourth-order valence-corrected chi connectivity index (χ4v) is 5.40. The van der Waals surface area contributed by atoms with Gasteiger partial charge in [-0.25, -0.2) is 9.79 Å². The number of phenolic OH excluding ortho intramolecular Hbond substituents is 1. The van der Waals surface area contributed by atoms with Crippen LogP contribution in [0.2, 0.25) is 0 Å². The first kappa shape index (κ1) is 26.2. The maximum atomic E-state index is 13.8. The van der Waals surface area contributed by atoms with Crippen LogP contribution in [0.25, 0.3) is 6.08 Å². The summed E-state index contributed by atoms with van der Waals surface area (Å²) in [6.07, 6.45) is 3.90. The number of benzene rings is 2. The van der Waals surface area contributed by atoms with E-state index in [1.807, 2.05) is 44.2 Å². The maximum Gasteiger partial charge on any atom is 0.338 e. The number of fused-ring (bicyclic) bond motifs is 1. The second-order valence-corrected chi connectivity index (χ2v) is 9.67. The SMILES string of the molecule is C=CCc1cc(/C=c2/sc3n(c2=O)[C@@H](c2ccc(C)cc2)C(C(=O)OCC)=C(C)N=3)cc(OCC)c1O. The zero-order valence-corrected chi connectivity index (χ0v) is 22.2. The van der Waals surface area contributed by atoms with Crippen LogP contribution in [0.15, 0.2) is 70.1 Å². The van der Waals surface area contributed by atoms with E-state index in [9.17, 15) is 14.7 Å². The van der Waals surface area contributed by atoms with Crippen molar-refractivity contribution >= 4 is 23.4 Å². The Bertz CT molecular complexity index is 1560. The summed E-state index contributed by atoms with van der Waals surface area (Å²) in [4.78, 5) is 31.9. The quantitative estimate of drug-likeness (QED) is 0.360. The standard InChI is InChI=1S/C29H30N2O5S/c1-6-9-21-14-19(15-22(26(21)32)35-7-2)16-23-27(33)31-25(20-12-10-17(4)11-13-20)24(28(34)36-8-3)18(5)30-29(31)37-23/h6,10-16,25,32H,1,7-9H2,2-5H3/b23-16+/t25-/m0/s1. The zero-order valence-electron chi connectivity index (χ0n) is 21.4. The highest BCUT2D eigenvalue weighted by Crippen LogP contribution is 2.33. The lowest BCUT2D eigenvalue weighted by molar-refractivity contribution is -0.139. The first-order chi connectivity index (χ1) is 17.8. The van der Waals surface area contributed by atoms with Crippen molar-refractivity contribution in [1.29, 1.82) is 0 Å². The highest BCUT2D eigenvalue weighted by atomic mass is 32.1. The lowest BCUT2D eigenvalue weighted by atomic mass is 9.95. The molecule has 1 atom stereocenters. The number of carbonyl (C=O) groups excluding carboxylic acids is 1. The number of ether oxygens (including phenoxy) is 2. The Kier molecular flexibility index (Phi) is 7.78. The Morgan fingerprint density at radius 2 is 1.92 bits per heavy atom. The molecule has 0 spiro atoms. The molecule has 0 bridgehead atoms. The molecule has 2 aromatic carbocycles. The van der Waals surface area contributed by atoms with Gasteiger partial charge in [-0.05, 0) is 63.5 Å². The van der Waals surface area contributed by atoms with Crippen LogP contribution < -0.4 is 19.6 Å². The number of hydrogen-bond donors (Lipinski definition) is 1. The van der Waals surface area contributed by atoms with Gasteiger partial charge in [0.2, 0.25) is 0 Å². The van der Waals surface area contributed by atoms with Crippen molar-refractivity contribution < 1.29 is 19.4 Å². The summed E-state index contributed by atoms with van der Waals surface area (Å²) in [6, 6.07) is 10.6. The largest absolute Gasteiger partial charge is 0.504 e. The minimum atomic E-state index is -0.659. The number of aryl methyl sites for hydroxylation is 1. The molecule has 0 saturated heterocycles. The Hall–Kier alpha value is -3.91. The number of esters is 1. The molecule has 1 aromatic heterocycles. The van der Waals surface area contributed by atoms with Gasteiger partial charge in [0.1, 0.15) is 0 Å². The van der Waals surface area contributed by atoms with Gasteiger partial charge >= 0.3 is 5.97 Å². The zero-order chi connectivity index (χ0) is 26.7. The maximum absolute atomic E-state index is 13.8. The number of rotatable bonds is 8. The molecule has 0 amide bonds. The molecule has 2 heterocycles. The van der Waals surface area contributed by atoms with Gasteiger partial charge in [-0.3, -0.25) is 9.36 Å². The minimum Gasteiger partial charge on any atom is -0.504 e. The van der Waals surface area contributed by atoms with Crippen molar-refractivity contribution in [2.75, 3.05) is 13.2 Å². The molecule has 1 aliphatic rings. The average Bonchev–Trinajstić information content (AvgIpc) is 3.16. The van der Waals surface area contributed by atoms with Crippen LogP contribution >= 0.6 is 11.3 Å². The van der Waals surface area contributed by atoms with E-state index in [4.69, 9.17) is 9.47 Å². The van der Waals surface area contributed by atoms with E-state index in [-0.39, 0.29) is 17.9 Å². The number of aromatic nitrogens is 1. The van der Waals surface area contributed by atoms with Gasteiger partial charge in [0.25, 0.3) is 5.56 Å². The summed E-state index contributed by atoms with van der Waals surface area (Å²) in [7, 11) is 0. The Morgan fingerprint density at radius 1 is 1.19 bits per heavy atom. The number of hydrogen-bond acceptors (Lipinski definition) is 7. The van der Waals surface area contributed by atoms with Crippen LogP contribution in [0, 0.1) is 6.92 Å². The normalized spacial score (nSPS) is 15.2. The van der Waals surface area contributed by atoms with E-state index in [2.05, 4.69) is 11.6 Å². The Balaban J connectivity index is 1.94. The van der Waals surface area contributed by atoms with E-state index in [1.54, 1.807) is 36.6 Å². The number of thiazole rings is 1. The van der Waals surface area contributed by atoms with Gasteiger partial charge in [-0.2, -0.15) is 0 Å². The fourth-order valence-electron chi connectivity index (χ4n) is 4.36. The summed E-state index contributed by atoms with van der Waals surface area (Å²) in [5.41, 5.74) is 3.83. The van der Waals surface area contributed by atoms with Gasteiger partial charge in [0.05, 0.1) is 35.1 Å². The topological polar surface area (TPSA) is 90.1 Å².